The van der Waals surface area contributed by atoms with Gasteiger partial charge in [-0.25, -0.2) is 4.39 Å². The molecule has 0 aliphatic heterocycles. The molecule has 3 heteroatoms. The minimum atomic E-state index is -0.205. The van der Waals surface area contributed by atoms with Crippen LogP contribution >= 0.6 is 15.9 Å². The van der Waals surface area contributed by atoms with Gasteiger partial charge in [-0.05, 0) is 36.5 Å². The number of nitrogens with two attached hydrogens (primary N) is 1. The van der Waals surface area contributed by atoms with Crippen molar-refractivity contribution in [2.75, 3.05) is 0 Å². The Morgan fingerprint density at radius 1 is 1.44 bits per heavy atom. The highest BCUT2D eigenvalue weighted by molar-refractivity contribution is 9.10. The quantitative estimate of drug-likeness (QED) is 0.898. The van der Waals surface area contributed by atoms with Crippen LogP contribution in [0.2, 0.25) is 0 Å². The summed E-state index contributed by atoms with van der Waals surface area (Å²) in [5, 5.41) is 0. The molecular formula is C13H17BrFN. The fourth-order valence-corrected chi connectivity index (χ4v) is 2.72. The topological polar surface area (TPSA) is 26.0 Å². The van der Waals surface area contributed by atoms with Crippen LogP contribution in [0.1, 0.15) is 31.2 Å². The maximum absolute atomic E-state index is 12.9. The summed E-state index contributed by atoms with van der Waals surface area (Å²) >= 11 is 3.38. The average molecular weight is 286 g/mol. The smallest absolute Gasteiger partial charge is 0.124 e. The van der Waals surface area contributed by atoms with Crippen LogP contribution in [0.4, 0.5) is 4.39 Å². The van der Waals surface area contributed by atoms with E-state index < -0.39 is 0 Å². The standard InChI is InChI=1S/C13H17BrFN/c14-13-8-11(15)5-4-10(13)7-12(16)6-9-2-1-3-9/h4-5,8-9,12H,1-3,6-7,16H2. The van der Waals surface area contributed by atoms with E-state index in [9.17, 15) is 4.39 Å². The van der Waals surface area contributed by atoms with Gasteiger partial charge in [0, 0.05) is 10.5 Å². The van der Waals surface area contributed by atoms with Gasteiger partial charge < -0.3 is 5.73 Å². The van der Waals surface area contributed by atoms with Crippen molar-refractivity contribution < 1.29 is 4.39 Å². The average Bonchev–Trinajstić information content (AvgIpc) is 2.16. The molecule has 2 N–H and O–H groups in total. The molecule has 1 nitrogen and oxygen atoms in total. The van der Waals surface area contributed by atoms with Gasteiger partial charge in [0.1, 0.15) is 5.82 Å². The molecule has 0 bridgehead atoms. The van der Waals surface area contributed by atoms with Gasteiger partial charge in [-0.3, -0.25) is 0 Å². The van der Waals surface area contributed by atoms with Gasteiger partial charge in [-0.2, -0.15) is 0 Å². The maximum atomic E-state index is 12.9. The zero-order valence-corrected chi connectivity index (χ0v) is 10.8. The second-order valence-electron chi connectivity index (χ2n) is 4.73. The Labute approximate surface area is 104 Å². The fraction of sp³-hybridized carbons (Fsp3) is 0.538. The summed E-state index contributed by atoms with van der Waals surface area (Å²) in [4.78, 5) is 0. The minimum absolute atomic E-state index is 0.201. The van der Waals surface area contributed by atoms with Crippen molar-refractivity contribution in [1.29, 1.82) is 0 Å². The van der Waals surface area contributed by atoms with E-state index in [1.165, 1.54) is 31.4 Å². The molecule has 1 unspecified atom stereocenters. The molecule has 2 rings (SSSR count). The largest absolute Gasteiger partial charge is 0.327 e. The molecular weight excluding hydrogens is 269 g/mol. The zero-order valence-electron chi connectivity index (χ0n) is 9.26. The third-order valence-electron chi connectivity index (χ3n) is 3.36. The molecule has 88 valence electrons. The van der Waals surface area contributed by atoms with Crippen LogP contribution in [-0.4, -0.2) is 6.04 Å². The van der Waals surface area contributed by atoms with Crippen molar-refractivity contribution in [1.82, 2.24) is 0 Å². The van der Waals surface area contributed by atoms with Gasteiger partial charge in [0.15, 0.2) is 0 Å². The van der Waals surface area contributed by atoms with Crippen LogP contribution in [0.3, 0.4) is 0 Å². The Bertz CT molecular complexity index is 363. The van der Waals surface area contributed by atoms with E-state index in [0.29, 0.717) is 0 Å². The number of rotatable bonds is 4. The lowest BCUT2D eigenvalue weighted by Gasteiger charge is -2.28. The predicted octanol–water partition coefficient (Wildman–Crippen LogP) is 3.65. The van der Waals surface area contributed by atoms with Crippen molar-refractivity contribution >= 4 is 15.9 Å². The Morgan fingerprint density at radius 2 is 2.19 bits per heavy atom. The van der Waals surface area contributed by atoms with Crippen molar-refractivity contribution in [3.63, 3.8) is 0 Å². The summed E-state index contributed by atoms with van der Waals surface area (Å²) in [6.45, 7) is 0. The highest BCUT2D eigenvalue weighted by Crippen LogP contribution is 2.31. The molecule has 16 heavy (non-hydrogen) atoms. The lowest BCUT2D eigenvalue weighted by Crippen LogP contribution is -2.28. The number of hydrogen-bond donors (Lipinski definition) is 1. The van der Waals surface area contributed by atoms with Crippen molar-refractivity contribution in [2.45, 2.75) is 38.1 Å². The van der Waals surface area contributed by atoms with Gasteiger partial charge in [0.05, 0.1) is 0 Å². The normalized spacial score (nSPS) is 18.2. The van der Waals surface area contributed by atoms with Crippen LogP contribution in [0.25, 0.3) is 0 Å². The van der Waals surface area contributed by atoms with Crippen LogP contribution in [0.15, 0.2) is 22.7 Å². The molecule has 0 spiro atoms. The first kappa shape index (κ1) is 12.1. The Balaban J connectivity index is 1.91. The lowest BCUT2D eigenvalue weighted by molar-refractivity contribution is 0.275. The maximum Gasteiger partial charge on any atom is 0.124 e. The van der Waals surface area contributed by atoms with Crippen LogP contribution < -0.4 is 5.73 Å². The van der Waals surface area contributed by atoms with Crippen molar-refractivity contribution in [3.05, 3.63) is 34.1 Å². The summed E-state index contributed by atoms with van der Waals surface area (Å²) < 4.78 is 13.7. The van der Waals surface area contributed by atoms with Gasteiger partial charge in [0.2, 0.25) is 0 Å². The molecule has 1 aromatic carbocycles. The van der Waals surface area contributed by atoms with Crippen molar-refractivity contribution in [2.24, 2.45) is 11.7 Å². The van der Waals surface area contributed by atoms with E-state index in [1.54, 1.807) is 0 Å². The summed E-state index contributed by atoms with van der Waals surface area (Å²) in [5.74, 6) is 0.623. The minimum Gasteiger partial charge on any atom is -0.327 e. The second-order valence-corrected chi connectivity index (χ2v) is 5.59. The molecule has 1 saturated carbocycles. The van der Waals surface area contributed by atoms with E-state index in [0.717, 1.165) is 28.8 Å². The summed E-state index contributed by atoms with van der Waals surface area (Å²) in [6.07, 6.45) is 5.95. The van der Waals surface area contributed by atoms with E-state index in [2.05, 4.69) is 15.9 Å². The predicted molar refractivity (Wildman–Crippen MR) is 67.7 cm³/mol. The van der Waals surface area contributed by atoms with Gasteiger partial charge in [0.25, 0.3) is 0 Å². The van der Waals surface area contributed by atoms with E-state index in [1.807, 2.05) is 6.07 Å². The van der Waals surface area contributed by atoms with Crippen LogP contribution in [0.5, 0.6) is 0 Å². The van der Waals surface area contributed by atoms with Crippen LogP contribution in [-0.2, 0) is 6.42 Å². The second kappa shape index (κ2) is 5.28. The van der Waals surface area contributed by atoms with E-state index >= 15 is 0 Å². The molecule has 1 aromatic rings. The molecule has 1 fully saturated rings. The summed E-state index contributed by atoms with van der Waals surface area (Å²) in [5.41, 5.74) is 7.21. The molecule has 0 radical (unpaired) electrons. The number of hydrogen-bond acceptors (Lipinski definition) is 1. The molecule has 1 aliphatic carbocycles. The monoisotopic (exact) mass is 285 g/mol. The Morgan fingerprint density at radius 3 is 2.75 bits per heavy atom. The third-order valence-corrected chi connectivity index (χ3v) is 4.10. The highest BCUT2D eigenvalue weighted by Gasteiger charge is 2.20. The SMILES string of the molecule is NC(Cc1ccc(F)cc1Br)CC1CCC1. The van der Waals surface area contributed by atoms with E-state index in [4.69, 9.17) is 5.73 Å². The molecule has 1 atom stereocenters. The summed E-state index contributed by atoms with van der Waals surface area (Å²) in [6, 6.07) is 5.02. The first-order valence-corrected chi connectivity index (χ1v) is 6.64. The Hall–Kier alpha value is -0.410. The van der Waals surface area contributed by atoms with Gasteiger partial charge >= 0.3 is 0 Å². The third kappa shape index (κ3) is 3.05. The molecule has 0 amide bonds. The number of benzene rings is 1. The Kier molecular flexibility index (Phi) is 3.98. The molecule has 1 aliphatic rings. The summed E-state index contributed by atoms with van der Waals surface area (Å²) in [7, 11) is 0. The zero-order chi connectivity index (χ0) is 11.5. The van der Waals surface area contributed by atoms with E-state index in [-0.39, 0.29) is 11.9 Å². The lowest BCUT2D eigenvalue weighted by atomic mass is 9.80. The first-order chi connectivity index (χ1) is 7.65. The van der Waals surface area contributed by atoms with Crippen LogP contribution in [0, 0.1) is 11.7 Å². The van der Waals surface area contributed by atoms with Gasteiger partial charge in [-0.1, -0.05) is 41.3 Å². The van der Waals surface area contributed by atoms with Gasteiger partial charge in [-0.15, -0.1) is 0 Å². The number of halogens is 2. The fourth-order valence-electron chi connectivity index (χ4n) is 2.21. The van der Waals surface area contributed by atoms with Crippen molar-refractivity contribution in [3.8, 4) is 0 Å². The molecule has 0 aromatic heterocycles. The first-order valence-electron chi connectivity index (χ1n) is 5.84. The molecule has 0 heterocycles. The highest BCUT2D eigenvalue weighted by atomic mass is 79.9. The molecule has 0 saturated heterocycles.